The van der Waals surface area contributed by atoms with Crippen molar-refractivity contribution in [3.63, 3.8) is 0 Å². The molecule has 1 N–H and O–H groups in total. The fraction of sp³-hybridized carbons (Fsp3) is 0.150. The standard InChI is InChI=1S/C20H18N4O3/c1-24(12-14-5-3-2-4-6-14)20-21-10-9-16(23-20)19(25)22-15-7-8-17-18(11-15)27-13-26-17/h2-11H,12-13H2,1H3,(H,22,25). The number of anilines is 2. The molecule has 0 atom stereocenters. The summed E-state index contributed by atoms with van der Waals surface area (Å²) >= 11 is 0. The third kappa shape index (κ3) is 3.82. The van der Waals surface area contributed by atoms with E-state index in [2.05, 4.69) is 15.3 Å². The summed E-state index contributed by atoms with van der Waals surface area (Å²) in [5.74, 6) is 1.45. The minimum Gasteiger partial charge on any atom is -0.454 e. The Kier molecular flexibility index (Phi) is 4.57. The first-order chi connectivity index (χ1) is 13.2. The number of carbonyl (C=O) groups is 1. The van der Waals surface area contributed by atoms with Gasteiger partial charge in [0.1, 0.15) is 5.69 Å². The van der Waals surface area contributed by atoms with Gasteiger partial charge in [0.25, 0.3) is 5.91 Å². The zero-order chi connectivity index (χ0) is 18.6. The molecule has 1 aliphatic heterocycles. The lowest BCUT2D eigenvalue weighted by Crippen LogP contribution is -2.21. The van der Waals surface area contributed by atoms with Crippen molar-refractivity contribution >= 4 is 17.5 Å². The summed E-state index contributed by atoms with van der Waals surface area (Å²) in [6.45, 7) is 0.837. The fourth-order valence-corrected chi connectivity index (χ4v) is 2.76. The molecule has 0 saturated carbocycles. The number of hydrogen-bond donors (Lipinski definition) is 1. The number of carbonyl (C=O) groups excluding carboxylic acids is 1. The van der Waals surface area contributed by atoms with Crippen LogP contribution in [0.15, 0.2) is 60.8 Å². The van der Waals surface area contributed by atoms with Gasteiger partial charge in [0.2, 0.25) is 12.7 Å². The number of hydrogen-bond acceptors (Lipinski definition) is 6. The summed E-state index contributed by atoms with van der Waals surface area (Å²) < 4.78 is 10.6. The average molecular weight is 362 g/mol. The second-order valence-electron chi connectivity index (χ2n) is 6.11. The van der Waals surface area contributed by atoms with Crippen LogP contribution >= 0.6 is 0 Å². The molecule has 27 heavy (non-hydrogen) atoms. The maximum Gasteiger partial charge on any atom is 0.274 e. The smallest absolute Gasteiger partial charge is 0.274 e. The maximum atomic E-state index is 12.6. The molecule has 0 bridgehead atoms. The number of rotatable bonds is 5. The molecule has 0 saturated heterocycles. The highest BCUT2D eigenvalue weighted by Gasteiger charge is 2.16. The minimum atomic E-state index is -0.314. The second kappa shape index (κ2) is 7.33. The highest BCUT2D eigenvalue weighted by Crippen LogP contribution is 2.34. The Balaban J connectivity index is 1.47. The Bertz CT molecular complexity index is 962. The Morgan fingerprint density at radius 2 is 1.93 bits per heavy atom. The zero-order valence-corrected chi connectivity index (χ0v) is 14.8. The van der Waals surface area contributed by atoms with Gasteiger partial charge in [-0.2, -0.15) is 0 Å². The van der Waals surface area contributed by atoms with Crippen molar-refractivity contribution in [2.45, 2.75) is 6.54 Å². The van der Waals surface area contributed by atoms with E-state index in [1.807, 2.05) is 42.3 Å². The van der Waals surface area contributed by atoms with E-state index in [0.29, 0.717) is 29.7 Å². The summed E-state index contributed by atoms with van der Waals surface area (Å²) in [6, 6.07) is 16.8. The van der Waals surface area contributed by atoms with E-state index >= 15 is 0 Å². The van der Waals surface area contributed by atoms with Crippen molar-refractivity contribution in [3.8, 4) is 11.5 Å². The van der Waals surface area contributed by atoms with Gasteiger partial charge in [-0.05, 0) is 23.8 Å². The first-order valence-electron chi connectivity index (χ1n) is 8.48. The van der Waals surface area contributed by atoms with Crippen LogP contribution in [0.4, 0.5) is 11.6 Å². The molecule has 0 fully saturated rings. The Morgan fingerprint density at radius 3 is 2.78 bits per heavy atom. The molecular weight excluding hydrogens is 344 g/mol. The Hall–Kier alpha value is -3.61. The SMILES string of the molecule is CN(Cc1ccccc1)c1nccc(C(=O)Nc2ccc3c(c2)OCO3)n1. The number of nitrogens with zero attached hydrogens (tertiary/aromatic N) is 3. The van der Waals surface area contributed by atoms with E-state index in [9.17, 15) is 4.79 Å². The summed E-state index contributed by atoms with van der Waals surface area (Å²) in [4.78, 5) is 23.1. The summed E-state index contributed by atoms with van der Waals surface area (Å²) in [7, 11) is 1.89. The van der Waals surface area contributed by atoms with E-state index in [1.54, 1.807) is 30.5 Å². The van der Waals surface area contributed by atoms with Crippen LogP contribution in [0.1, 0.15) is 16.1 Å². The Morgan fingerprint density at radius 1 is 1.11 bits per heavy atom. The first-order valence-corrected chi connectivity index (χ1v) is 8.48. The van der Waals surface area contributed by atoms with Gasteiger partial charge >= 0.3 is 0 Å². The lowest BCUT2D eigenvalue weighted by atomic mass is 10.2. The van der Waals surface area contributed by atoms with Crippen molar-refractivity contribution in [1.29, 1.82) is 0 Å². The molecule has 0 radical (unpaired) electrons. The molecule has 1 aliphatic rings. The van der Waals surface area contributed by atoms with E-state index in [1.165, 1.54) is 0 Å². The molecule has 0 unspecified atom stereocenters. The summed E-state index contributed by atoms with van der Waals surface area (Å²) in [5, 5.41) is 2.82. The van der Waals surface area contributed by atoms with Gasteiger partial charge in [-0.15, -0.1) is 0 Å². The quantitative estimate of drug-likeness (QED) is 0.752. The van der Waals surface area contributed by atoms with Crippen LogP contribution in [-0.4, -0.2) is 29.7 Å². The van der Waals surface area contributed by atoms with Crippen molar-refractivity contribution in [2.75, 3.05) is 24.1 Å². The van der Waals surface area contributed by atoms with Crippen molar-refractivity contribution in [1.82, 2.24) is 9.97 Å². The van der Waals surface area contributed by atoms with Crippen molar-refractivity contribution in [2.24, 2.45) is 0 Å². The highest BCUT2D eigenvalue weighted by molar-refractivity contribution is 6.03. The Labute approximate surface area is 156 Å². The molecular formula is C20H18N4O3. The molecule has 1 aromatic heterocycles. The van der Waals surface area contributed by atoms with Crippen LogP contribution in [0, 0.1) is 0 Å². The van der Waals surface area contributed by atoms with Crippen LogP contribution in [0.3, 0.4) is 0 Å². The van der Waals surface area contributed by atoms with Crippen LogP contribution in [0.2, 0.25) is 0 Å². The molecule has 4 rings (SSSR count). The second-order valence-corrected chi connectivity index (χ2v) is 6.11. The number of fused-ring (bicyclic) bond motifs is 1. The molecule has 7 heteroatoms. The van der Waals surface area contributed by atoms with Gasteiger partial charge in [-0.25, -0.2) is 9.97 Å². The normalized spacial score (nSPS) is 11.9. The topological polar surface area (TPSA) is 76.6 Å². The predicted molar refractivity (Wildman–Crippen MR) is 101 cm³/mol. The molecule has 2 heterocycles. The van der Waals surface area contributed by atoms with Crippen LogP contribution in [0.25, 0.3) is 0 Å². The minimum absolute atomic E-state index is 0.190. The lowest BCUT2D eigenvalue weighted by Gasteiger charge is -2.17. The molecule has 0 spiro atoms. The highest BCUT2D eigenvalue weighted by atomic mass is 16.7. The van der Waals surface area contributed by atoms with Gasteiger partial charge in [0.05, 0.1) is 0 Å². The zero-order valence-electron chi connectivity index (χ0n) is 14.8. The van der Waals surface area contributed by atoms with Gasteiger partial charge in [-0.3, -0.25) is 4.79 Å². The van der Waals surface area contributed by atoms with Crippen molar-refractivity contribution in [3.05, 3.63) is 72.1 Å². The number of benzene rings is 2. The molecule has 7 nitrogen and oxygen atoms in total. The van der Waals surface area contributed by atoms with Crippen LogP contribution in [0.5, 0.6) is 11.5 Å². The van der Waals surface area contributed by atoms with E-state index in [-0.39, 0.29) is 18.4 Å². The number of amides is 1. The third-order valence-electron chi connectivity index (χ3n) is 4.11. The average Bonchev–Trinajstić information content (AvgIpc) is 3.16. The maximum absolute atomic E-state index is 12.6. The summed E-state index contributed by atoms with van der Waals surface area (Å²) in [5.41, 5.74) is 2.04. The van der Waals surface area contributed by atoms with Crippen LogP contribution in [-0.2, 0) is 6.54 Å². The summed E-state index contributed by atoms with van der Waals surface area (Å²) in [6.07, 6.45) is 1.58. The van der Waals surface area contributed by atoms with Crippen molar-refractivity contribution < 1.29 is 14.3 Å². The van der Waals surface area contributed by atoms with Gasteiger partial charge < -0.3 is 19.7 Å². The molecule has 2 aromatic carbocycles. The number of nitrogens with one attached hydrogen (secondary N) is 1. The monoisotopic (exact) mass is 362 g/mol. The number of aromatic nitrogens is 2. The van der Waals surface area contributed by atoms with Crippen LogP contribution < -0.4 is 19.7 Å². The molecule has 136 valence electrons. The first kappa shape index (κ1) is 16.8. The molecule has 1 amide bonds. The van der Waals surface area contributed by atoms with Gasteiger partial charge in [-0.1, -0.05) is 30.3 Å². The fourth-order valence-electron chi connectivity index (χ4n) is 2.76. The third-order valence-corrected chi connectivity index (χ3v) is 4.11. The van der Waals surface area contributed by atoms with Gasteiger partial charge in [0.15, 0.2) is 11.5 Å². The van der Waals surface area contributed by atoms with E-state index < -0.39 is 0 Å². The predicted octanol–water partition coefficient (Wildman–Crippen LogP) is 3.09. The lowest BCUT2D eigenvalue weighted by molar-refractivity contribution is 0.102. The number of ether oxygens (including phenoxy) is 2. The van der Waals surface area contributed by atoms with E-state index in [4.69, 9.17) is 9.47 Å². The van der Waals surface area contributed by atoms with E-state index in [0.717, 1.165) is 5.56 Å². The largest absolute Gasteiger partial charge is 0.454 e. The molecule has 0 aliphatic carbocycles. The van der Waals surface area contributed by atoms with Gasteiger partial charge in [0, 0.05) is 31.5 Å². The molecule has 3 aromatic rings.